The Hall–Kier alpha value is -2.69. The fraction of sp³-hybridized carbons (Fsp3) is 0.235. The number of hydrogen-bond acceptors (Lipinski definition) is 3. The number of aromatic nitrogens is 1. The zero-order valence-corrected chi connectivity index (χ0v) is 12.7. The van der Waals surface area contributed by atoms with Crippen LogP contribution in [0.15, 0.2) is 42.6 Å². The first-order chi connectivity index (χ1) is 10.6. The van der Waals surface area contributed by atoms with E-state index >= 15 is 0 Å². The summed E-state index contributed by atoms with van der Waals surface area (Å²) in [7, 11) is 0. The minimum atomic E-state index is -0.254. The Morgan fingerprint density at radius 2 is 1.82 bits per heavy atom. The van der Waals surface area contributed by atoms with Gasteiger partial charge >= 0.3 is 0 Å². The number of pyridine rings is 1. The molecule has 2 N–H and O–H groups in total. The lowest BCUT2D eigenvalue weighted by Crippen LogP contribution is -2.24. The lowest BCUT2D eigenvalue weighted by Gasteiger charge is -2.08. The fourth-order valence-electron chi connectivity index (χ4n) is 1.97. The molecule has 0 radical (unpaired) electrons. The van der Waals surface area contributed by atoms with E-state index in [4.69, 9.17) is 0 Å². The average molecular weight is 297 g/mol. The molecule has 0 fully saturated rings. The summed E-state index contributed by atoms with van der Waals surface area (Å²) in [5.41, 5.74) is 2.43. The summed E-state index contributed by atoms with van der Waals surface area (Å²) < 4.78 is 0. The van der Waals surface area contributed by atoms with E-state index in [1.54, 1.807) is 42.6 Å². The molecule has 0 unspecified atom stereocenters. The van der Waals surface area contributed by atoms with Crippen LogP contribution >= 0.6 is 0 Å². The summed E-state index contributed by atoms with van der Waals surface area (Å²) in [5, 5.41) is 5.59. The summed E-state index contributed by atoms with van der Waals surface area (Å²) in [6, 6.07) is 10.2. The maximum absolute atomic E-state index is 12.3. The molecule has 0 aliphatic heterocycles. The van der Waals surface area contributed by atoms with Crippen molar-refractivity contribution in [3.63, 3.8) is 0 Å². The first-order valence-electron chi connectivity index (χ1n) is 7.22. The van der Waals surface area contributed by atoms with Crippen molar-refractivity contribution in [2.24, 2.45) is 0 Å². The van der Waals surface area contributed by atoms with Crippen molar-refractivity contribution in [3.8, 4) is 0 Å². The van der Waals surface area contributed by atoms with Gasteiger partial charge in [0.1, 0.15) is 0 Å². The van der Waals surface area contributed by atoms with Gasteiger partial charge in [0, 0.05) is 35.2 Å². The molecule has 2 aromatic rings. The number of aryl methyl sites for hydroxylation is 1. The number of nitrogens with one attached hydrogen (secondary N) is 2. The van der Waals surface area contributed by atoms with Crippen molar-refractivity contribution in [2.75, 3.05) is 11.9 Å². The molecule has 0 atom stereocenters. The number of carbonyl (C=O) groups excluding carboxylic acids is 2. The Morgan fingerprint density at radius 1 is 1.09 bits per heavy atom. The van der Waals surface area contributed by atoms with Crippen LogP contribution in [-0.2, 0) is 0 Å². The van der Waals surface area contributed by atoms with Gasteiger partial charge in [-0.15, -0.1) is 0 Å². The van der Waals surface area contributed by atoms with Crippen molar-refractivity contribution in [1.82, 2.24) is 10.3 Å². The topological polar surface area (TPSA) is 71.1 Å². The van der Waals surface area contributed by atoms with Crippen LogP contribution in [0.4, 0.5) is 5.69 Å². The van der Waals surface area contributed by atoms with Crippen molar-refractivity contribution in [1.29, 1.82) is 0 Å². The first-order valence-corrected chi connectivity index (χ1v) is 7.22. The zero-order valence-electron chi connectivity index (χ0n) is 12.7. The van der Waals surface area contributed by atoms with E-state index in [9.17, 15) is 9.59 Å². The molecule has 1 aromatic carbocycles. The van der Waals surface area contributed by atoms with Crippen LogP contribution in [0.1, 0.15) is 39.8 Å². The smallest absolute Gasteiger partial charge is 0.255 e. The van der Waals surface area contributed by atoms with E-state index in [-0.39, 0.29) is 11.8 Å². The van der Waals surface area contributed by atoms with Crippen LogP contribution in [-0.4, -0.2) is 23.3 Å². The van der Waals surface area contributed by atoms with Crippen LogP contribution in [0.5, 0.6) is 0 Å². The molecule has 1 heterocycles. The zero-order chi connectivity index (χ0) is 15.9. The van der Waals surface area contributed by atoms with Crippen LogP contribution < -0.4 is 10.6 Å². The van der Waals surface area contributed by atoms with Crippen molar-refractivity contribution >= 4 is 17.5 Å². The van der Waals surface area contributed by atoms with Gasteiger partial charge in [-0.2, -0.15) is 0 Å². The predicted molar refractivity (Wildman–Crippen MR) is 86.0 cm³/mol. The largest absolute Gasteiger partial charge is 0.352 e. The highest BCUT2D eigenvalue weighted by atomic mass is 16.2. The van der Waals surface area contributed by atoms with Crippen LogP contribution in [0.2, 0.25) is 0 Å². The second kappa shape index (κ2) is 7.36. The second-order valence-electron chi connectivity index (χ2n) is 4.98. The van der Waals surface area contributed by atoms with E-state index < -0.39 is 0 Å². The maximum atomic E-state index is 12.3. The van der Waals surface area contributed by atoms with Gasteiger partial charge in [-0.1, -0.05) is 13.0 Å². The molecule has 0 spiro atoms. The first kappa shape index (κ1) is 15.7. The SMILES string of the molecule is CCCNC(=O)c1cccc(C(=O)Nc2ccnc(C)c2)c1. The Bertz CT molecular complexity index is 683. The lowest BCUT2D eigenvalue weighted by atomic mass is 10.1. The molecule has 1 aromatic heterocycles. The van der Waals surface area contributed by atoms with Gasteiger partial charge in [-0.05, 0) is 43.7 Å². The van der Waals surface area contributed by atoms with Crippen LogP contribution in [0.25, 0.3) is 0 Å². The molecule has 0 saturated carbocycles. The molecule has 2 rings (SSSR count). The van der Waals surface area contributed by atoms with Gasteiger partial charge in [-0.3, -0.25) is 14.6 Å². The third kappa shape index (κ3) is 4.15. The second-order valence-corrected chi connectivity index (χ2v) is 4.98. The molecule has 2 amide bonds. The highest BCUT2D eigenvalue weighted by Crippen LogP contribution is 2.11. The molecular formula is C17H19N3O2. The fourth-order valence-corrected chi connectivity index (χ4v) is 1.97. The molecule has 0 saturated heterocycles. The maximum Gasteiger partial charge on any atom is 0.255 e. The Morgan fingerprint density at radius 3 is 2.50 bits per heavy atom. The molecule has 0 aliphatic rings. The van der Waals surface area contributed by atoms with Gasteiger partial charge in [-0.25, -0.2) is 0 Å². The van der Waals surface area contributed by atoms with Crippen molar-refractivity contribution in [3.05, 3.63) is 59.4 Å². The van der Waals surface area contributed by atoms with E-state index in [1.165, 1.54) is 0 Å². The normalized spacial score (nSPS) is 10.1. The summed E-state index contributed by atoms with van der Waals surface area (Å²) in [5.74, 6) is -0.424. The molecule has 114 valence electrons. The quantitative estimate of drug-likeness (QED) is 0.891. The summed E-state index contributed by atoms with van der Waals surface area (Å²) in [6.07, 6.45) is 2.51. The van der Waals surface area contributed by atoms with Gasteiger partial charge in [0.05, 0.1) is 0 Å². The van der Waals surface area contributed by atoms with E-state index in [1.807, 2.05) is 13.8 Å². The third-order valence-corrected chi connectivity index (χ3v) is 3.08. The number of rotatable bonds is 5. The number of nitrogens with zero attached hydrogens (tertiary/aromatic N) is 1. The van der Waals surface area contributed by atoms with E-state index in [0.29, 0.717) is 23.4 Å². The highest BCUT2D eigenvalue weighted by molar-refractivity contribution is 6.06. The third-order valence-electron chi connectivity index (χ3n) is 3.08. The van der Waals surface area contributed by atoms with Crippen LogP contribution in [0.3, 0.4) is 0 Å². The minimum absolute atomic E-state index is 0.170. The molecule has 5 nitrogen and oxygen atoms in total. The minimum Gasteiger partial charge on any atom is -0.352 e. The number of carbonyl (C=O) groups is 2. The molecule has 5 heteroatoms. The van der Waals surface area contributed by atoms with Gasteiger partial charge in [0.25, 0.3) is 11.8 Å². The van der Waals surface area contributed by atoms with Crippen molar-refractivity contribution < 1.29 is 9.59 Å². The standard InChI is InChI=1S/C17H19N3O2/c1-3-8-19-16(21)13-5-4-6-14(11-13)17(22)20-15-7-9-18-12(2)10-15/h4-7,9-11H,3,8H2,1-2H3,(H,19,21)(H,18,20,22). The van der Waals surface area contributed by atoms with Gasteiger partial charge in [0.2, 0.25) is 0 Å². The number of anilines is 1. The lowest BCUT2D eigenvalue weighted by molar-refractivity contribution is 0.0953. The number of hydrogen-bond donors (Lipinski definition) is 2. The van der Waals surface area contributed by atoms with Gasteiger partial charge in [0.15, 0.2) is 0 Å². The Kier molecular flexibility index (Phi) is 5.25. The number of benzene rings is 1. The molecular weight excluding hydrogens is 278 g/mol. The highest BCUT2D eigenvalue weighted by Gasteiger charge is 2.10. The molecule has 0 aliphatic carbocycles. The van der Waals surface area contributed by atoms with Crippen LogP contribution in [0, 0.1) is 6.92 Å². The molecule has 0 bridgehead atoms. The number of amides is 2. The predicted octanol–water partition coefficient (Wildman–Crippen LogP) is 2.78. The summed E-state index contributed by atoms with van der Waals surface area (Å²) in [4.78, 5) is 28.3. The molecule has 22 heavy (non-hydrogen) atoms. The Labute approximate surface area is 129 Å². The Balaban J connectivity index is 2.11. The summed E-state index contributed by atoms with van der Waals surface area (Å²) >= 11 is 0. The van der Waals surface area contributed by atoms with Gasteiger partial charge < -0.3 is 10.6 Å². The van der Waals surface area contributed by atoms with E-state index in [2.05, 4.69) is 15.6 Å². The average Bonchev–Trinajstić information content (AvgIpc) is 2.52. The summed E-state index contributed by atoms with van der Waals surface area (Å²) in [6.45, 7) is 4.46. The monoisotopic (exact) mass is 297 g/mol. The van der Waals surface area contributed by atoms with E-state index in [0.717, 1.165) is 12.1 Å². The van der Waals surface area contributed by atoms with Crippen molar-refractivity contribution in [2.45, 2.75) is 20.3 Å².